The van der Waals surface area contributed by atoms with Crippen molar-refractivity contribution < 1.29 is 9.53 Å². The molecule has 0 radical (unpaired) electrons. The van der Waals surface area contributed by atoms with Crippen LogP contribution in [0.15, 0.2) is 11.6 Å². The maximum absolute atomic E-state index is 12.5. The maximum atomic E-state index is 12.5. The Hall–Kier alpha value is -0.790. The Morgan fingerprint density at radius 2 is 1.78 bits per heavy atom. The second-order valence-electron chi connectivity index (χ2n) is 14.0. The molecule has 3 saturated carbocycles. The van der Waals surface area contributed by atoms with Crippen LogP contribution in [0.25, 0.3) is 0 Å². The number of ether oxygens (including phenoxy) is 1. The number of esters is 1. The molecule has 0 aromatic rings. The van der Waals surface area contributed by atoms with Crippen LogP contribution in [0.1, 0.15) is 163 Å². The average Bonchev–Trinajstić information content (AvgIpc) is 3.20. The lowest BCUT2D eigenvalue weighted by atomic mass is 9.60. The van der Waals surface area contributed by atoms with E-state index in [4.69, 9.17) is 4.74 Å². The van der Waals surface area contributed by atoms with Crippen molar-refractivity contribution in [1.82, 2.24) is 0 Å². The molecule has 2 heteroatoms. The van der Waals surface area contributed by atoms with E-state index in [2.05, 4.69) is 40.7 Å². The first-order valence-corrected chi connectivity index (χ1v) is 16.7. The largest absolute Gasteiger partial charge is 0.462 e. The van der Waals surface area contributed by atoms with Gasteiger partial charge in [-0.1, -0.05) is 104 Å². The number of fused-ring (bicyclic) bond motifs is 1. The first-order chi connectivity index (χ1) is 17.8. The molecule has 3 fully saturated rings. The van der Waals surface area contributed by atoms with Crippen LogP contribution in [0.5, 0.6) is 0 Å². The van der Waals surface area contributed by atoms with Gasteiger partial charge in [0.15, 0.2) is 0 Å². The summed E-state index contributed by atoms with van der Waals surface area (Å²) in [5.41, 5.74) is 2.17. The molecule has 0 heterocycles. The van der Waals surface area contributed by atoms with E-state index in [9.17, 15) is 4.79 Å². The van der Waals surface area contributed by atoms with E-state index in [-0.39, 0.29) is 12.1 Å². The number of carbonyl (C=O) groups is 1. The Bertz CT molecular complexity index is 693. The molecule has 0 spiro atoms. The van der Waals surface area contributed by atoms with Crippen molar-refractivity contribution in [3.8, 4) is 0 Å². The van der Waals surface area contributed by atoms with E-state index in [1.54, 1.807) is 5.57 Å². The van der Waals surface area contributed by atoms with E-state index < -0.39 is 0 Å². The minimum Gasteiger partial charge on any atom is -0.462 e. The summed E-state index contributed by atoms with van der Waals surface area (Å²) in [6.45, 7) is 12.0. The molecular weight excluding hydrogens is 452 g/mol. The van der Waals surface area contributed by atoms with E-state index in [0.717, 1.165) is 42.9 Å². The van der Waals surface area contributed by atoms with Gasteiger partial charge in [0.05, 0.1) is 0 Å². The Morgan fingerprint density at radius 1 is 1.00 bits per heavy atom. The Labute approximate surface area is 231 Å². The highest BCUT2D eigenvalue weighted by molar-refractivity contribution is 5.69. The summed E-state index contributed by atoms with van der Waals surface area (Å²) in [6, 6.07) is 0. The van der Waals surface area contributed by atoms with Gasteiger partial charge >= 0.3 is 5.97 Å². The predicted octanol–water partition coefficient (Wildman–Crippen LogP) is 10.8. The Kier molecular flexibility index (Phi) is 13.1. The predicted molar refractivity (Wildman–Crippen MR) is 159 cm³/mol. The van der Waals surface area contributed by atoms with Crippen LogP contribution in [0, 0.1) is 35.0 Å². The number of allylic oxidation sites excluding steroid dienone is 1. The van der Waals surface area contributed by atoms with Gasteiger partial charge in [0.25, 0.3) is 0 Å². The molecule has 3 aliphatic rings. The Morgan fingerprint density at radius 3 is 2.57 bits per heavy atom. The van der Waals surface area contributed by atoms with Crippen molar-refractivity contribution in [2.75, 3.05) is 0 Å². The summed E-state index contributed by atoms with van der Waals surface area (Å²) >= 11 is 0. The van der Waals surface area contributed by atoms with Crippen LogP contribution in [0.2, 0.25) is 0 Å². The minimum atomic E-state index is 0.0443. The number of rotatable bonds is 15. The first-order valence-electron chi connectivity index (χ1n) is 16.7. The summed E-state index contributed by atoms with van der Waals surface area (Å²) in [5.74, 6) is 4.31. The highest BCUT2D eigenvalue weighted by Gasteiger charge is 2.50. The highest BCUT2D eigenvalue weighted by atomic mass is 16.5. The summed E-state index contributed by atoms with van der Waals surface area (Å²) in [7, 11) is 0. The van der Waals surface area contributed by atoms with Crippen LogP contribution >= 0.6 is 0 Å². The fourth-order valence-electron chi connectivity index (χ4n) is 8.32. The summed E-state index contributed by atoms with van der Waals surface area (Å²) in [6.07, 6.45) is 28.1. The van der Waals surface area contributed by atoms with E-state index in [1.807, 2.05) is 0 Å². The van der Waals surface area contributed by atoms with Crippen molar-refractivity contribution in [3.05, 3.63) is 11.6 Å². The second kappa shape index (κ2) is 15.7. The van der Waals surface area contributed by atoms with E-state index in [0.29, 0.717) is 17.8 Å². The number of unbranched alkanes of at least 4 members (excludes halogenated alkanes) is 6. The third-order valence-electron chi connectivity index (χ3n) is 10.8. The van der Waals surface area contributed by atoms with Crippen molar-refractivity contribution in [2.24, 2.45) is 35.0 Å². The van der Waals surface area contributed by atoms with Crippen molar-refractivity contribution in [1.29, 1.82) is 0 Å². The third kappa shape index (κ3) is 9.42. The van der Waals surface area contributed by atoms with Crippen LogP contribution in [-0.2, 0) is 9.53 Å². The zero-order valence-electron chi connectivity index (χ0n) is 25.5. The van der Waals surface area contributed by atoms with Crippen LogP contribution < -0.4 is 0 Å². The maximum Gasteiger partial charge on any atom is 0.306 e. The lowest BCUT2D eigenvalue weighted by Crippen LogP contribution is -2.37. The second-order valence-corrected chi connectivity index (χ2v) is 14.0. The molecule has 3 aliphatic carbocycles. The lowest BCUT2D eigenvalue weighted by Gasteiger charge is -2.45. The molecule has 0 N–H and O–H groups in total. The zero-order valence-corrected chi connectivity index (χ0v) is 25.5. The van der Waals surface area contributed by atoms with E-state index in [1.165, 1.54) is 103 Å². The van der Waals surface area contributed by atoms with Crippen LogP contribution in [0.4, 0.5) is 0 Å². The van der Waals surface area contributed by atoms with Gasteiger partial charge in [-0.15, -0.1) is 0 Å². The quantitative estimate of drug-likeness (QED) is 0.123. The van der Waals surface area contributed by atoms with Gasteiger partial charge in [0.2, 0.25) is 0 Å². The topological polar surface area (TPSA) is 26.3 Å². The van der Waals surface area contributed by atoms with Gasteiger partial charge in [0, 0.05) is 12.8 Å². The SMILES string of the molecule is CCCCCCCCC(=O)O[C@H]1CC[C@@H](C)/C(=C\C[C@@H]2CCC[C@@]3(C)C2CC[C@@H]3CCCCC(C)C)C1. The average molecular weight is 515 g/mol. The van der Waals surface area contributed by atoms with Gasteiger partial charge in [-0.25, -0.2) is 0 Å². The monoisotopic (exact) mass is 514 g/mol. The van der Waals surface area contributed by atoms with E-state index >= 15 is 0 Å². The van der Waals surface area contributed by atoms with Crippen LogP contribution in [0.3, 0.4) is 0 Å². The number of carbonyl (C=O) groups excluding carboxylic acids is 1. The van der Waals surface area contributed by atoms with Gasteiger partial charge in [-0.05, 0) is 92.8 Å². The molecule has 0 bridgehead atoms. The fraction of sp³-hybridized carbons (Fsp3) is 0.914. The van der Waals surface area contributed by atoms with Crippen molar-refractivity contribution >= 4 is 5.97 Å². The molecule has 0 aromatic heterocycles. The van der Waals surface area contributed by atoms with Gasteiger partial charge in [-0.3, -0.25) is 4.79 Å². The summed E-state index contributed by atoms with van der Waals surface area (Å²) < 4.78 is 5.97. The van der Waals surface area contributed by atoms with Gasteiger partial charge in [0.1, 0.15) is 6.10 Å². The molecule has 0 saturated heterocycles. The standard InChI is InChI=1S/C35H62O2/c1-6-7-8-9-10-11-18-34(36)37-32-23-19-28(4)30(26-32)21-20-29-16-14-25-35(5)31(22-24-33(29)35)17-13-12-15-27(2)3/h21,27-29,31-33H,6-20,22-26H2,1-5H3/b30-21-/t28-,29+,31+,32+,33?,35-/m1/s1. The fourth-order valence-corrected chi connectivity index (χ4v) is 8.32. The number of hydrogen-bond acceptors (Lipinski definition) is 2. The zero-order chi connectivity index (χ0) is 26.7. The third-order valence-corrected chi connectivity index (χ3v) is 10.8. The summed E-state index contributed by atoms with van der Waals surface area (Å²) in [4.78, 5) is 12.5. The molecule has 2 nitrogen and oxygen atoms in total. The molecule has 3 rings (SSSR count). The molecule has 0 aliphatic heterocycles. The summed E-state index contributed by atoms with van der Waals surface area (Å²) in [5, 5.41) is 0. The van der Waals surface area contributed by atoms with Gasteiger partial charge in [-0.2, -0.15) is 0 Å². The molecule has 1 unspecified atom stereocenters. The molecule has 37 heavy (non-hydrogen) atoms. The minimum absolute atomic E-state index is 0.0443. The molecule has 214 valence electrons. The normalized spacial score (nSPS) is 33.1. The smallest absolute Gasteiger partial charge is 0.306 e. The first kappa shape index (κ1) is 30.7. The Balaban J connectivity index is 1.45. The van der Waals surface area contributed by atoms with Crippen molar-refractivity contribution in [3.63, 3.8) is 0 Å². The number of hydrogen-bond donors (Lipinski definition) is 0. The van der Waals surface area contributed by atoms with Crippen molar-refractivity contribution in [2.45, 2.75) is 169 Å². The highest BCUT2D eigenvalue weighted by Crippen LogP contribution is 2.59. The molecule has 0 amide bonds. The molecule has 6 atom stereocenters. The van der Waals surface area contributed by atoms with Gasteiger partial charge < -0.3 is 4.74 Å². The molecular formula is C35H62O2. The van der Waals surface area contributed by atoms with Crippen LogP contribution in [-0.4, -0.2) is 12.1 Å². The lowest BCUT2D eigenvalue weighted by molar-refractivity contribution is -0.150. The molecule has 0 aromatic carbocycles.